The highest BCUT2D eigenvalue weighted by molar-refractivity contribution is 5.90. The molecule has 4 rings (SSSR count). The van der Waals surface area contributed by atoms with Gasteiger partial charge in [0.25, 0.3) is 0 Å². The topological polar surface area (TPSA) is 70.3 Å². The third-order valence-corrected chi connectivity index (χ3v) is 6.08. The van der Waals surface area contributed by atoms with E-state index in [0.717, 1.165) is 68.0 Å². The number of rotatable bonds is 7. The lowest BCUT2D eigenvalue weighted by Crippen LogP contribution is -2.41. The second-order valence-corrected chi connectivity index (χ2v) is 8.80. The highest BCUT2D eigenvalue weighted by atomic mass is 16.3. The minimum Gasteiger partial charge on any atom is -0.390 e. The van der Waals surface area contributed by atoms with Crippen LogP contribution in [0.1, 0.15) is 52.1 Å². The Morgan fingerprint density at radius 2 is 1.96 bits per heavy atom. The van der Waals surface area contributed by atoms with Gasteiger partial charge in [0, 0.05) is 19.6 Å². The average molecular weight is 387 g/mol. The van der Waals surface area contributed by atoms with Crippen LogP contribution < -0.4 is 4.90 Å². The molecule has 2 saturated heterocycles. The van der Waals surface area contributed by atoms with Crippen molar-refractivity contribution in [2.75, 3.05) is 31.1 Å². The number of aliphatic hydroxyl groups is 1. The number of hydrogen-bond acceptors (Lipinski definition) is 6. The first-order valence-corrected chi connectivity index (χ1v) is 11.0. The molecule has 7 nitrogen and oxygen atoms in total. The third kappa shape index (κ3) is 3.74. The molecule has 0 saturated carbocycles. The van der Waals surface area contributed by atoms with Crippen LogP contribution in [0.3, 0.4) is 0 Å². The largest absolute Gasteiger partial charge is 0.390 e. The maximum absolute atomic E-state index is 10.7. The van der Waals surface area contributed by atoms with Gasteiger partial charge in [0.15, 0.2) is 5.65 Å². The molecule has 0 spiro atoms. The number of hydrogen-bond donors (Lipinski definition) is 1. The van der Waals surface area contributed by atoms with Gasteiger partial charge in [-0.25, -0.2) is 14.6 Å². The van der Waals surface area contributed by atoms with Crippen molar-refractivity contribution in [2.24, 2.45) is 5.92 Å². The van der Waals surface area contributed by atoms with Gasteiger partial charge in [0.2, 0.25) is 0 Å². The number of unbranched alkanes of at least 4 members (excludes halogenated alkanes) is 1. The molecular formula is C21H34N6O. The van der Waals surface area contributed by atoms with Crippen LogP contribution in [0.5, 0.6) is 0 Å². The van der Waals surface area contributed by atoms with Crippen LogP contribution in [0.15, 0.2) is 6.33 Å². The lowest BCUT2D eigenvalue weighted by Gasteiger charge is -2.25. The maximum atomic E-state index is 10.7. The van der Waals surface area contributed by atoms with E-state index in [1.807, 2.05) is 0 Å². The lowest BCUT2D eigenvalue weighted by atomic mass is 10.1. The second kappa shape index (κ2) is 8.33. The van der Waals surface area contributed by atoms with Gasteiger partial charge in [-0.2, -0.15) is 5.10 Å². The van der Waals surface area contributed by atoms with Crippen LogP contribution in [0, 0.1) is 5.92 Å². The molecule has 0 aromatic carbocycles. The number of fused-ring (bicyclic) bond motifs is 1. The summed E-state index contributed by atoms with van der Waals surface area (Å²) in [6, 6.07) is 0.205. The first-order valence-electron chi connectivity index (χ1n) is 11.0. The number of aliphatic hydroxyl groups excluding tert-OH is 1. The fourth-order valence-corrected chi connectivity index (χ4v) is 4.67. The van der Waals surface area contributed by atoms with E-state index in [-0.39, 0.29) is 12.1 Å². The monoisotopic (exact) mass is 386 g/mol. The van der Waals surface area contributed by atoms with E-state index >= 15 is 0 Å². The van der Waals surface area contributed by atoms with Gasteiger partial charge in [-0.1, -0.05) is 27.2 Å². The smallest absolute Gasteiger partial charge is 0.163 e. The summed E-state index contributed by atoms with van der Waals surface area (Å²) >= 11 is 0. The van der Waals surface area contributed by atoms with Crippen LogP contribution in [0.25, 0.3) is 11.0 Å². The summed E-state index contributed by atoms with van der Waals surface area (Å²) in [5.41, 5.74) is 2.03. The second-order valence-electron chi connectivity index (χ2n) is 8.80. The normalized spacial score (nSPS) is 23.5. The minimum absolute atomic E-state index is 0.205. The Labute approximate surface area is 167 Å². The van der Waals surface area contributed by atoms with Crippen molar-refractivity contribution >= 4 is 16.9 Å². The number of nitrogens with zero attached hydrogens (tertiary/aromatic N) is 6. The zero-order valence-corrected chi connectivity index (χ0v) is 17.5. The number of likely N-dealkylation sites (tertiary alicyclic amines) is 1. The van der Waals surface area contributed by atoms with Crippen molar-refractivity contribution in [3.8, 4) is 0 Å². The summed E-state index contributed by atoms with van der Waals surface area (Å²) < 4.78 is 2.06. The molecule has 7 heteroatoms. The number of β-amino-alcohol motifs (C(OH)–C–C–N with tert-alkyl or cyclic N) is 1. The molecule has 28 heavy (non-hydrogen) atoms. The molecule has 2 atom stereocenters. The van der Waals surface area contributed by atoms with Gasteiger partial charge in [0.05, 0.1) is 23.2 Å². The molecule has 1 N–H and O–H groups in total. The first kappa shape index (κ1) is 19.6. The predicted octanol–water partition coefficient (Wildman–Crippen LogP) is 2.47. The Morgan fingerprint density at radius 3 is 2.68 bits per heavy atom. The van der Waals surface area contributed by atoms with Crippen molar-refractivity contribution in [1.29, 1.82) is 0 Å². The molecule has 0 aliphatic carbocycles. The Bertz CT molecular complexity index is 798. The Hall–Kier alpha value is -1.73. The molecule has 0 unspecified atom stereocenters. The highest BCUT2D eigenvalue weighted by Gasteiger charge is 2.38. The molecule has 0 bridgehead atoms. The molecule has 0 radical (unpaired) electrons. The van der Waals surface area contributed by atoms with Crippen molar-refractivity contribution < 1.29 is 5.11 Å². The van der Waals surface area contributed by atoms with E-state index < -0.39 is 0 Å². The van der Waals surface area contributed by atoms with E-state index in [9.17, 15) is 5.11 Å². The summed E-state index contributed by atoms with van der Waals surface area (Å²) in [5.74, 6) is 1.47. The summed E-state index contributed by atoms with van der Waals surface area (Å²) in [4.78, 5) is 14.0. The van der Waals surface area contributed by atoms with Crippen LogP contribution in [0.2, 0.25) is 0 Å². The van der Waals surface area contributed by atoms with Crippen molar-refractivity contribution in [1.82, 2.24) is 24.6 Å². The number of aryl methyl sites for hydroxylation is 1. The fourth-order valence-electron chi connectivity index (χ4n) is 4.67. The molecule has 2 aliphatic heterocycles. The Kier molecular flexibility index (Phi) is 5.83. The third-order valence-electron chi connectivity index (χ3n) is 6.08. The van der Waals surface area contributed by atoms with E-state index in [4.69, 9.17) is 5.10 Å². The first-order chi connectivity index (χ1) is 13.6. The molecule has 2 aromatic rings. The Balaban J connectivity index is 1.69. The van der Waals surface area contributed by atoms with Gasteiger partial charge in [-0.05, 0) is 44.7 Å². The molecule has 0 amide bonds. The van der Waals surface area contributed by atoms with Gasteiger partial charge in [-0.15, -0.1) is 0 Å². The van der Waals surface area contributed by atoms with Gasteiger partial charge >= 0.3 is 0 Å². The van der Waals surface area contributed by atoms with Gasteiger partial charge in [0.1, 0.15) is 12.1 Å². The molecule has 2 fully saturated rings. The zero-order chi connectivity index (χ0) is 19.7. The van der Waals surface area contributed by atoms with Crippen molar-refractivity contribution in [3.63, 3.8) is 0 Å². The van der Waals surface area contributed by atoms with Crippen LogP contribution in [-0.4, -0.2) is 68.1 Å². The summed E-state index contributed by atoms with van der Waals surface area (Å²) in [7, 11) is 0. The molecule has 154 valence electrons. The standard InChI is InChI=1S/C21H34N6O/c1-4-5-10-27-21-19(16(24-27)11-15(2)3)20(22-14-23-21)26-12-17(18(28)13-26)25-8-6-7-9-25/h14-15,17-18,28H,4-13H2,1-3H3/t17-,18-/m0/s1. The van der Waals surface area contributed by atoms with E-state index in [1.165, 1.54) is 12.8 Å². The molecular weight excluding hydrogens is 352 g/mol. The lowest BCUT2D eigenvalue weighted by molar-refractivity contribution is 0.0986. The molecule has 2 aromatic heterocycles. The van der Waals surface area contributed by atoms with E-state index in [1.54, 1.807) is 6.33 Å². The maximum Gasteiger partial charge on any atom is 0.163 e. The van der Waals surface area contributed by atoms with Gasteiger partial charge in [-0.3, -0.25) is 4.90 Å². The van der Waals surface area contributed by atoms with Crippen LogP contribution in [0.4, 0.5) is 5.82 Å². The van der Waals surface area contributed by atoms with E-state index in [0.29, 0.717) is 12.5 Å². The molecule has 4 heterocycles. The quantitative estimate of drug-likeness (QED) is 0.788. The van der Waals surface area contributed by atoms with E-state index in [2.05, 4.69) is 45.2 Å². The Morgan fingerprint density at radius 1 is 1.18 bits per heavy atom. The SMILES string of the molecule is CCCCn1nc(CC(C)C)c2c(N3C[C@H](O)[C@@H](N4CCCC4)C3)ncnc21. The summed E-state index contributed by atoms with van der Waals surface area (Å²) in [6.07, 6.45) is 6.96. The predicted molar refractivity (Wildman–Crippen MR) is 112 cm³/mol. The zero-order valence-electron chi connectivity index (χ0n) is 17.5. The van der Waals surface area contributed by atoms with Crippen molar-refractivity contribution in [3.05, 3.63) is 12.0 Å². The van der Waals surface area contributed by atoms with Crippen LogP contribution in [-0.2, 0) is 13.0 Å². The average Bonchev–Trinajstić information content (AvgIpc) is 3.39. The van der Waals surface area contributed by atoms with Crippen molar-refractivity contribution in [2.45, 2.75) is 71.6 Å². The fraction of sp³-hybridized carbons (Fsp3) is 0.762. The highest BCUT2D eigenvalue weighted by Crippen LogP contribution is 2.32. The minimum atomic E-state index is -0.327. The van der Waals surface area contributed by atoms with Gasteiger partial charge < -0.3 is 10.0 Å². The number of anilines is 1. The summed E-state index contributed by atoms with van der Waals surface area (Å²) in [5, 5.41) is 16.8. The molecule has 2 aliphatic rings. The summed E-state index contributed by atoms with van der Waals surface area (Å²) in [6.45, 7) is 11.2. The number of aromatic nitrogens is 4. The van der Waals surface area contributed by atoms with Crippen LogP contribution >= 0.6 is 0 Å².